The molecule has 1 saturated carbocycles. The van der Waals surface area contributed by atoms with Crippen LogP contribution in [0.15, 0.2) is 18.2 Å². The van der Waals surface area contributed by atoms with Crippen molar-refractivity contribution in [2.45, 2.75) is 77.1 Å². The van der Waals surface area contributed by atoms with Gasteiger partial charge in [-0.3, -0.25) is 9.69 Å². The number of hydrogen-bond donors (Lipinski definition) is 0. The number of halogens is 2. The van der Waals surface area contributed by atoms with Gasteiger partial charge in [-0.15, -0.1) is 0 Å². The van der Waals surface area contributed by atoms with Crippen molar-refractivity contribution in [1.82, 2.24) is 9.80 Å². The molecule has 1 aliphatic carbocycles. The Kier molecular flexibility index (Phi) is 6.18. The lowest BCUT2D eigenvalue weighted by atomic mass is 10.0. The number of nitrogens with zero attached hydrogens (tertiary/aromatic N) is 2. The predicted molar refractivity (Wildman–Crippen MR) is 106 cm³/mol. The lowest BCUT2D eigenvalue weighted by molar-refractivity contribution is -0.139. The monoisotopic (exact) mass is 410 g/mol. The number of piperidine rings is 1. The second-order valence-corrected chi connectivity index (χ2v) is 8.99. The smallest absolute Gasteiger partial charge is 0.410 e. The molecule has 2 aliphatic rings. The van der Waals surface area contributed by atoms with E-state index in [9.17, 15) is 14.0 Å². The molecule has 0 N–H and O–H groups in total. The number of rotatable bonds is 4. The number of likely N-dealkylation sites (tertiary alicyclic amines) is 1. The average Bonchev–Trinajstić information content (AvgIpc) is 3.44. The van der Waals surface area contributed by atoms with Gasteiger partial charge in [-0.05, 0) is 65.0 Å². The fourth-order valence-corrected chi connectivity index (χ4v) is 3.77. The molecule has 0 radical (unpaired) electrons. The van der Waals surface area contributed by atoms with Gasteiger partial charge >= 0.3 is 6.09 Å². The van der Waals surface area contributed by atoms with Gasteiger partial charge in [0.2, 0.25) is 5.91 Å². The van der Waals surface area contributed by atoms with Gasteiger partial charge in [-0.25, -0.2) is 9.18 Å². The van der Waals surface area contributed by atoms with Crippen LogP contribution >= 0.6 is 11.6 Å². The van der Waals surface area contributed by atoms with Gasteiger partial charge in [0.05, 0.1) is 6.54 Å². The first-order valence-electron chi connectivity index (χ1n) is 9.90. The van der Waals surface area contributed by atoms with Crippen LogP contribution in [0.5, 0.6) is 0 Å². The summed E-state index contributed by atoms with van der Waals surface area (Å²) in [6, 6.07) is 4.03. The molecule has 5 nitrogen and oxygen atoms in total. The van der Waals surface area contributed by atoms with Gasteiger partial charge in [0, 0.05) is 23.2 Å². The van der Waals surface area contributed by atoms with E-state index in [1.807, 2.05) is 20.8 Å². The predicted octanol–water partition coefficient (Wildman–Crippen LogP) is 4.76. The number of hydrogen-bond acceptors (Lipinski definition) is 3. The third-order valence-corrected chi connectivity index (χ3v) is 5.43. The van der Waals surface area contributed by atoms with Crippen molar-refractivity contribution in [3.63, 3.8) is 0 Å². The zero-order valence-corrected chi connectivity index (χ0v) is 17.5. The normalized spacial score (nSPS) is 20.0. The Balaban J connectivity index is 1.80. The standard InChI is InChI=1S/C21H28ClFN2O3/c1-21(2,3)28-20(27)24-12-5-4-9-18(24)19(26)25(14-10-11-14)13-15-16(22)7-6-8-17(15)23/h6-8,14,18H,4-5,9-13H2,1-3H3/t18-/m1/s1. The van der Waals surface area contributed by atoms with Gasteiger partial charge in [0.15, 0.2) is 0 Å². The van der Waals surface area contributed by atoms with E-state index in [-0.39, 0.29) is 18.5 Å². The zero-order chi connectivity index (χ0) is 20.5. The number of ether oxygens (including phenoxy) is 1. The van der Waals surface area contributed by atoms with Crippen LogP contribution in [0, 0.1) is 5.82 Å². The van der Waals surface area contributed by atoms with Crippen LogP contribution in [0.4, 0.5) is 9.18 Å². The highest BCUT2D eigenvalue weighted by Gasteiger charge is 2.41. The molecule has 1 aliphatic heterocycles. The molecular weight excluding hydrogens is 383 g/mol. The number of amides is 2. The second-order valence-electron chi connectivity index (χ2n) is 8.58. The SMILES string of the molecule is CC(C)(C)OC(=O)N1CCCC[C@@H]1C(=O)N(Cc1c(F)cccc1Cl)C1CC1. The second kappa shape index (κ2) is 8.27. The van der Waals surface area contributed by atoms with Gasteiger partial charge in [-0.1, -0.05) is 17.7 Å². The van der Waals surface area contributed by atoms with Crippen LogP contribution in [0.25, 0.3) is 0 Å². The molecule has 0 bridgehead atoms. The maximum atomic E-state index is 14.3. The van der Waals surface area contributed by atoms with Crippen molar-refractivity contribution in [3.05, 3.63) is 34.6 Å². The molecule has 1 aromatic rings. The van der Waals surface area contributed by atoms with Crippen molar-refractivity contribution < 1.29 is 18.7 Å². The summed E-state index contributed by atoms with van der Waals surface area (Å²) in [4.78, 5) is 29.3. The molecule has 28 heavy (non-hydrogen) atoms. The molecule has 3 rings (SSSR count). The van der Waals surface area contributed by atoms with E-state index in [1.54, 1.807) is 17.0 Å². The minimum Gasteiger partial charge on any atom is -0.444 e. The summed E-state index contributed by atoms with van der Waals surface area (Å²) in [6.45, 7) is 6.03. The fourth-order valence-electron chi connectivity index (χ4n) is 3.55. The highest BCUT2D eigenvalue weighted by atomic mass is 35.5. The summed E-state index contributed by atoms with van der Waals surface area (Å²) in [5.41, 5.74) is -0.303. The van der Waals surface area contributed by atoms with Gasteiger partial charge in [0.25, 0.3) is 0 Å². The molecule has 1 aromatic carbocycles. The Bertz CT molecular complexity index is 725. The highest BCUT2D eigenvalue weighted by Crippen LogP contribution is 2.33. The molecule has 1 heterocycles. The van der Waals surface area contributed by atoms with Crippen molar-refractivity contribution in [3.8, 4) is 0 Å². The van der Waals surface area contributed by atoms with E-state index < -0.39 is 23.6 Å². The van der Waals surface area contributed by atoms with Crippen LogP contribution in [-0.4, -0.2) is 46.0 Å². The molecule has 0 spiro atoms. The van der Waals surface area contributed by atoms with E-state index in [4.69, 9.17) is 16.3 Å². The van der Waals surface area contributed by atoms with Gasteiger partial charge in [0.1, 0.15) is 17.5 Å². The van der Waals surface area contributed by atoms with Gasteiger partial charge in [-0.2, -0.15) is 0 Å². The maximum Gasteiger partial charge on any atom is 0.410 e. The number of benzene rings is 1. The molecule has 154 valence electrons. The van der Waals surface area contributed by atoms with E-state index in [1.165, 1.54) is 11.0 Å². The molecular formula is C21H28ClFN2O3. The summed E-state index contributed by atoms with van der Waals surface area (Å²) in [5.74, 6) is -0.564. The van der Waals surface area contributed by atoms with Crippen molar-refractivity contribution >= 4 is 23.6 Å². The van der Waals surface area contributed by atoms with Crippen LogP contribution in [0.2, 0.25) is 5.02 Å². The zero-order valence-electron chi connectivity index (χ0n) is 16.7. The summed E-state index contributed by atoms with van der Waals surface area (Å²) in [6.07, 6.45) is 3.60. The van der Waals surface area contributed by atoms with E-state index in [2.05, 4.69) is 0 Å². The molecule has 7 heteroatoms. The van der Waals surface area contributed by atoms with Gasteiger partial charge < -0.3 is 9.64 Å². The Hall–Kier alpha value is -1.82. The third-order valence-electron chi connectivity index (χ3n) is 5.08. The van der Waals surface area contributed by atoms with Crippen LogP contribution in [-0.2, 0) is 16.1 Å². The number of carbonyl (C=O) groups is 2. The molecule has 2 amide bonds. The topological polar surface area (TPSA) is 49.9 Å². The summed E-state index contributed by atoms with van der Waals surface area (Å²) in [7, 11) is 0. The highest BCUT2D eigenvalue weighted by molar-refractivity contribution is 6.31. The average molecular weight is 411 g/mol. The first-order chi connectivity index (χ1) is 13.2. The molecule has 0 aromatic heterocycles. The van der Waals surface area contributed by atoms with Crippen LogP contribution in [0.1, 0.15) is 58.4 Å². The lowest BCUT2D eigenvalue weighted by Gasteiger charge is -2.38. The maximum absolute atomic E-state index is 14.3. The fraction of sp³-hybridized carbons (Fsp3) is 0.619. The van der Waals surface area contributed by atoms with Crippen molar-refractivity contribution in [2.24, 2.45) is 0 Å². The third kappa shape index (κ3) is 4.96. The molecule has 1 saturated heterocycles. The minimum absolute atomic E-state index is 0.0746. The Morgan fingerprint density at radius 1 is 1.25 bits per heavy atom. The van der Waals surface area contributed by atoms with Crippen molar-refractivity contribution in [2.75, 3.05) is 6.54 Å². The first-order valence-corrected chi connectivity index (χ1v) is 10.3. The lowest BCUT2D eigenvalue weighted by Crippen LogP contribution is -2.54. The van der Waals surface area contributed by atoms with E-state index in [0.717, 1.165) is 25.7 Å². The van der Waals surface area contributed by atoms with Crippen molar-refractivity contribution in [1.29, 1.82) is 0 Å². The quantitative estimate of drug-likeness (QED) is 0.719. The molecule has 0 unspecified atom stereocenters. The van der Waals surface area contributed by atoms with Crippen LogP contribution in [0.3, 0.4) is 0 Å². The Morgan fingerprint density at radius 2 is 1.96 bits per heavy atom. The molecule has 2 fully saturated rings. The summed E-state index contributed by atoms with van der Waals surface area (Å²) < 4.78 is 19.8. The number of carbonyl (C=O) groups excluding carboxylic acids is 2. The molecule has 1 atom stereocenters. The summed E-state index contributed by atoms with van der Waals surface area (Å²) in [5, 5.41) is 0.311. The largest absolute Gasteiger partial charge is 0.444 e. The Morgan fingerprint density at radius 3 is 2.57 bits per heavy atom. The van der Waals surface area contributed by atoms with E-state index >= 15 is 0 Å². The first kappa shape index (κ1) is 20.9. The summed E-state index contributed by atoms with van der Waals surface area (Å²) >= 11 is 6.18. The minimum atomic E-state index is -0.626. The Labute approximate surface area is 170 Å². The van der Waals surface area contributed by atoms with Crippen LogP contribution < -0.4 is 0 Å². The van der Waals surface area contributed by atoms with E-state index in [0.29, 0.717) is 23.6 Å².